The Balaban J connectivity index is 1.84. The van der Waals surface area contributed by atoms with Crippen molar-refractivity contribution in [2.24, 2.45) is 0 Å². The number of β-amino-alcohol motifs (C(OH)–C–C–N with tert-alkyl or cyclic N) is 1. The van der Waals surface area contributed by atoms with Gasteiger partial charge in [-0.25, -0.2) is 9.50 Å². The molecule has 2 aromatic rings. The quantitative estimate of drug-likeness (QED) is 0.684. The summed E-state index contributed by atoms with van der Waals surface area (Å²) in [6.07, 6.45) is 4.59. The van der Waals surface area contributed by atoms with Crippen molar-refractivity contribution in [2.75, 3.05) is 19.7 Å². The average Bonchev–Trinajstić information content (AvgIpc) is 2.93. The van der Waals surface area contributed by atoms with Gasteiger partial charge in [-0.15, -0.1) is 0 Å². The van der Waals surface area contributed by atoms with Crippen LogP contribution in [0.2, 0.25) is 0 Å². The zero-order chi connectivity index (χ0) is 16.6. The Bertz CT molecular complexity index is 727. The summed E-state index contributed by atoms with van der Waals surface area (Å²) < 4.78 is 1.51. The van der Waals surface area contributed by atoms with Gasteiger partial charge in [0.25, 0.3) is 5.91 Å². The second-order valence-electron chi connectivity index (χ2n) is 6.14. The summed E-state index contributed by atoms with van der Waals surface area (Å²) in [5, 5.41) is 33.0. The standard InChI is InChI=1S/C15H20N4O4/c1-15(23)3-4-18(9-12(15)21)14(22)11-7-17-19-8-10(2-5-20)6-16-13(11)19/h6-8,12,20-21,23H,2-5,9H2,1H3/t12-,15-/m1/s1. The molecule has 2 atom stereocenters. The van der Waals surface area contributed by atoms with Crippen molar-refractivity contribution in [3.63, 3.8) is 0 Å². The van der Waals surface area contributed by atoms with Crippen LogP contribution in [0.4, 0.5) is 0 Å². The van der Waals surface area contributed by atoms with Gasteiger partial charge < -0.3 is 20.2 Å². The van der Waals surface area contributed by atoms with E-state index in [2.05, 4.69) is 10.1 Å². The monoisotopic (exact) mass is 320 g/mol. The van der Waals surface area contributed by atoms with Gasteiger partial charge in [-0.05, 0) is 25.3 Å². The maximum Gasteiger partial charge on any atom is 0.259 e. The normalized spacial score (nSPS) is 25.0. The SMILES string of the molecule is C[C@@]1(O)CCN(C(=O)c2cnn3cc(CCO)cnc23)C[C@H]1O. The number of amides is 1. The molecule has 8 nitrogen and oxygen atoms in total. The third-order valence-corrected chi connectivity index (χ3v) is 4.33. The zero-order valence-corrected chi connectivity index (χ0v) is 12.9. The first-order valence-corrected chi connectivity index (χ1v) is 7.55. The smallest absolute Gasteiger partial charge is 0.259 e. The lowest BCUT2D eigenvalue weighted by molar-refractivity contribution is -0.0999. The number of hydrogen-bond donors (Lipinski definition) is 3. The molecule has 3 heterocycles. The molecule has 1 fully saturated rings. The van der Waals surface area contributed by atoms with Gasteiger partial charge >= 0.3 is 0 Å². The number of fused-ring (bicyclic) bond motifs is 1. The summed E-state index contributed by atoms with van der Waals surface area (Å²) >= 11 is 0. The predicted molar refractivity (Wildman–Crippen MR) is 80.9 cm³/mol. The predicted octanol–water partition coefficient (Wildman–Crippen LogP) is -0.778. The number of likely N-dealkylation sites (tertiary alicyclic amines) is 1. The number of hydrogen-bond acceptors (Lipinski definition) is 6. The van der Waals surface area contributed by atoms with Crippen LogP contribution >= 0.6 is 0 Å². The number of aromatic nitrogens is 3. The van der Waals surface area contributed by atoms with Crippen LogP contribution in [0.5, 0.6) is 0 Å². The van der Waals surface area contributed by atoms with Gasteiger partial charge in [-0.1, -0.05) is 0 Å². The Kier molecular flexibility index (Phi) is 4.05. The molecular weight excluding hydrogens is 300 g/mol. The lowest BCUT2D eigenvalue weighted by atomic mass is 9.90. The third kappa shape index (κ3) is 2.92. The van der Waals surface area contributed by atoms with E-state index < -0.39 is 11.7 Å². The van der Waals surface area contributed by atoms with Gasteiger partial charge in [0.2, 0.25) is 0 Å². The van der Waals surface area contributed by atoms with E-state index in [-0.39, 0.29) is 19.1 Å². The van der Waals surface area contributed by atoms with E-state index in [0.717, 1.165) is 5.56 Å². The van der Waals surface area contributed by atoms with Gasteiger partial charge in [-0.2, -0.15) is 5.10 Å². The fourth-order valence-electron chi connectivity index (χ4n) is 2.70. The molecular formula is C15H20N4O4. The minimum Gasteiger partial charge on any atom is -0.396 e. The van der Waals surface area contributed by atoms with E-state index in [1.807, 2.05) is 0 Å². The number of carbonyl (C=O) groups is 1. The Morgan fingerprint density at radius 2 is 2.26 bits per heavy atom. The molecule has 1 aliphatic rings. The Labute approximate surface area is 133 Å². The van der Waals surface area contributed by atoms with Crippen LogP contribution in [-0.4, -0.2) is 72.1 Å². The molecule has 0 aliphatic carbocycles. The molecule has 1 aliphatic heterocycles. The maximum absolute atomic E-state index is 12.6. The number of carbonyl (C=O) groups excluding carboxylic acids is 1. The van der Waals surface area contributed by atoms with Gasteiger partial charge in [0.15, 0.2) is 5.65 Å². The van der Waals surface area contributed by atoms with Crippen molar-refractivity contribution in [2.45, 2.75) is 31.5 Å². The molecule has 0 spiro atoms. The first-order chi connectivity index (χ1) is 10.9. The minimum atomic E-state index is -1.17. The summed E-state index contributed by atoms with van der Waals surface area (Å²) in [7, 11) is 0. The van der Waals surface area contributed by atoms with Gasteiger partial charge in [0.1, 0.15) is 5.56 Å². The van der Waals surface area contributed by atoms with E-state index in [0.29, 0.717) is 30.6 Å². The van der Waals surface area contributed by atoms with Crippen LogP contribution in [0.1, 0.15) is 29.3 Å². The molecule has 0 unspecified atom stereocenters. The fourth-order valence-corrected chi connectivity index (χ4v) is 2.70. The summed E-state index contributed by atoms with van der Waals surface area (Å²) in [4.78, 5) is 18.4. The first-order valence-electron chi connectivity index (χ1n) is 7.55. The molecule has 23 heavy (non-hydrogen) atoms. The molecule has 124 valence electrons. The Morgan fingerprint density at radius 3 is 2.96 bits per heavy atom. The minimum absolute atomic E-state index is 0.0197. The highest BCUT2D eigenvalue weighted by atomic mass is 16.3. The molecule has 0 bridgehead atoms. The highest BCUT2D eigenvalue weighted by Crippen LogP contribution is 2.23. The number of aliphatic hydroxyl groups is 3. The lowest BCUT2D eigenvalue weighted by Crippen LogP contribution is -2.55. The summed E-state index contributed by atoms with van der Waals surface area (Å²) in [6, 6.07) is 0. The van der Waals surface area contributed by atoms with Crippen LogP contribution < -0.4 is 0 Å². The molecule has 1 amide bonds. The number of aliphatic hydroxyl groups excluding tert-OH is 2. The second kappa shape index (κ2) is 5.88. The van der Waals surface area contributed by atoms with E-state index in [9.17, 15) is 15.0 Å². The van der Waals surface area contributed by atoms with Crippen molar-refractivity contribution < 1.29 is 20.1 Å². The number of piperidine rings is 1. The van der Waals surface area contributed by atoms with Crippen molar-refractivity contribution in [3.8, 4) is 0 Å². The Morgan fingerprint density at radius 1 is 1.48 bits per heavy atom. The van der Waals surface area contributed by atoms with E-state index in [1.165, 1.54) is 15.6 Å². The highest BCUT2D eigenvalue weighted by molar-refractivity contribution is 5.99. The first kappa shape index (κ1) is 15.9. The molecule has 3 N–H and O–H groups in total. The van der Waals surface area contributed by atoms with E-state index in [4.69, 9.17) is 5.11 Å². The number of rotatable bonds is 3. The van der Waals surface area contributed by atoms with Crippen LogP contribution in [0.3, 0.4) is 0 Å². The van der Waals surface area contributed by atoms with Gasteiger partial charge in [0.05, 0.1) is 17.9 Å². The largest absolute Gasteiger partial charge is 0.396 e. The van der Waals surface area contributed by atoms with Crippen molar-refractivity contribution in [1.82, 2.24) is 19.5 Å². The lowest BCUT2D eigenvalue weighted by Gasteiger charge is -2.39. The second-order valence-corrected chi connectivity index (χ2v) is 6.14. The summed E-state index contributed by atoms with van der Waals surface area (Å²) in [6.45, 7) is 2.03. The Hall–Kier alpha value is -2.03. The summed E-state index contributed by atoms with van der Waals surface area (Å²) in [5.74, 6) is -0.267. The van der Waals surface area contributed by atoms with Crippen molar-refractivity contribution in [1.29, 1.82) is 0 Å². The fraction of sp³-hybridized carbons (Fsp3) is 0.533. The van der Waals surface area contributed by atoms with Crippen molar-refractivity contribution >= 4 is 11.6 Å². The molecule has 8 heteroatoms. The average molecular weight is 320 g/mol. The van der Waals surface area contributed by atoms with E-state index >= 15 is 0 Å². The van der Waals surface area contributed by atoms with Crippen LogP contribution in [0.25, 0.3) is 5.65 Å². The van der Waals surface area contributed by atoms with Crippen LogP contribution in [0.15, 0.2) is 18.6 Å². The maximum atomic E-state index is 12.6. The van der Waals surface area contributed by atoms with E-state index in [1.54, 1.807) is 19.3 Å². The highest BCUT2D eigenvalue weighted by Gasteiger charge is 2.38. The molecule has 0 radical (unpaired) electrons. The molecule has 3 rings (SSSR count). The zero-order valence-electron chi connectivity index (χ0n) is 12.9. The number of nitrogens with zero attached hydrogens (tertiary/aromatic N) is 4. The molecule has 0 saturated carbocycles. The topological polar surface area (TPSA) is 111 Å². The van der Waals surface area contributed by atoms with Gasteiger partial charge in [-0.3, -0.25) is 4.79 Å². The van der Waals surface area contributed by atoms with Crippen molar-refractivity contribution in [3.05, 3.63) is 29.7 Å². The van der Waals surface area contributed by atoms with Gasteiger partial charge in [0, 0.05) is 32.1 Å². The van der Waals surface area contributed by atoms with Crippen LogP contribution in [-0.2, 0) is 6.42 Å². The molecule has 2 aromatic heterocycles. The third-order valence-electron chi connectivity index (χ3n) is 4.33. The van der Waals surface area contributed by atoms with Crippen LogP contribution in [0, 0.1) is 0 Å². The summed E-state index contributed by atoms with van der Waals surface area (Å²) in [5.41, 5.74) is 0.444. The molecule has 0 aromatic carbocycles. The molecule has 1 saturated heterocycles.